The van der Waals surface area contributed by atoms with E-state index in [1.54, 1.807) is 11.3 Å². The second-order valence-electron chi connectivity index (χ2n) is 4.78. The van der Waals surface area contributed by atoms with Gasteiger partial charge in [-0.1, -0.05) is 13.8 Å². The number of esters is 1. The lowest BCUT2D eigenvalue weighted by atomic mass is 9.95. The van der Waals surface area contributed by atoms with Crippen LogP contribution < -0.4 is 0 Å². The molecule has 1 unspecified atom stereocenters. The van der Waals surface area contributed by atoms with Crippen molar-refractivity contribution in [2.75, 3.05) is 20.7 Å². The standard InChI is InChI=1S/C13H20BrNO2S/c1-9(2)11(13(16)17-4)8-15(3)7-10-5-6-12(14)18-10/h5-6,9,11H,7-8H2,1-4H3. The van der Waals surface area contributed by atoms with Gasteiger partial charge in [-0.05, 0) is 41.0 Å². The van der Waals surface area contributed by atoms with Crippen molar-refractivity contribution in [3.8, 4) is 0 Å². The molecule has 1 aromatic rings. The Labute approximate surface area is 121 Å². The fourth-order valence-corrected chi connectivity index (χ4v) is 3.38. The quantitative estimate of drug-likeness (QED) is 0.747. The van der Waals surface area contributed by atoms with Crippen LogP contribution >= 0.6 is 27.3 Å². The lowest BCUT2D eigenvalue weighted by molar-refractivity contribution is -0.147. The second kappa shape index (κ2) is 7.26. The Kier molecular flexibility index (Phi) is 6.32. The molecule has 0 aliphatic heterocycles. The van der Waals surface area contributed by atoms with Crippen molar-refractivity contribution in [2.45, 2.75) is 20.4 Å². The molecule has 1 rings (SSSR count). The van der Waals surface area contributed by atoms with Gasteiger partial charge in [-0.25, -0.2) is 0 Å². The maximum Gasteiger partial charge on any atom is 0.310 e. The number of hydrogen-bond acceptors (Lipinski definition) is 4. The third-order valence-electron chi connectivity index (χ3n) is 2.87. The third-order valence-corrected chi connectivity index (χ3v) is 4.48. The molecule has 0 spiro atoms. The molecule has 0 fully saturated rings. The summed E-state index contributed by atoms with van der Waals surface area (Å²) in [6, 6.07) is 4.15. The first-order chi connectivity index (χ1) is 8.43. The Bertz CT molecular complexity index is 392. The zero-order valence-electron chi connectivity index (χ0n) is 11.3. The van der Waals surface area contributed by atoms with Gasteiger partial charge in [0.1, 0.15) is 0 Å². The summed E-state index contributed by atoms with van der Waals surface area (Å²) < 4.78 is 6.00. The van der Waals surface area contributed by atoms with Crippen molar-refractivity contribution in [1.82, 2.24) is 4.90 Å². The topological polar surface area (TPSA) is 29.5 Å². The van der Waals surface area contributed by atoms with E-state index in [1.165, 1.54) is 12.0 Å². The van der Waals surface area contributed by atoms with Gasteiger partial charge in [-0.15, -0.1) is 11.3 Å². The van der Waals surface area contributed by atoms with Gasteiger partial charge >= 0.3 is 5.97 Å². The fourth-order valence-electron chi connectivity index (χ4n) is 1.81. The maximum absolute atomic E-state index is 11.7. The van der Waals surface area contributed by atoms with Gasteiger partial charge in [-0.3, -0.25) is 4.79 Å². The largest absolute Gasteiger partial charge is 0.469 e. The van der Waals surface area contributed by atoms with Crippen molar-refractivity contribution < 1.29 is 9.53 Å². The average Bonchev–Trinajstić information content (AvgIpc) is 2.70. The van der Waals surface area contributed by atoms with Crippen LogP contribution in [0.15, 0.2) is 15.9 Å². The first kappa shape index (κ1) is 15.7. The van der Waals surface area contributed by atoms with Crippen LogP contribution in [0.1, 0.15) is 18.7 Å². The second-order valence-corrected chi connectivity index (χ2v) is 7.32. The smallest absolute Gasteiger partial charge is 0.310 e. The van der Waals surface area contributed by atoms with Gasteiger partial charge < -0.3 is 9.64 Å². The van der Waals surface area contributed by atoms with Gasteiger partial charge in [0.25, 0.3) is 0 Å². The lowest BCUT2D eigenvalue weighted by Crippen LogP contribution is -2.33. The normalized spacial score (nSPS) is 13.1. The van der Waals surface area contributed by atoms with Crippen molar-refractivity contribution in [2.24, 2.45) is 11.8 Å². The molecule has 0 bridgehead atoms. The summed E-state index contributed by atoms with van der Waals surface area (Å²) in [6.07, 6.45) is 0. The molecule has 18 heavy (non-hydrogen) atoms. The number of halogens is 1. The minimum atomic E-state index is -0.121. The summed E-state index contributed by atoms with van der Waals surface area (Å²) in [7, 11) is 3.49. The Morgan fingerprint density at radius 1 is 1.50 bits per heavy atom. The Balaban J connectivity index is 2.56. The Morgan fingerprint density at radius 2 is 2.17 bits per heavy atom. The molecular weight excluding hydrogens is 314 g/mol. The monoisotopic (exact) mass is 333 g/mol. The number of thiophene rings is 1. The van der Waals surface area contributed by atoms with Crippen LogP contribution in [0.4, 0.5) is 0 Å². The predicted octanol–water partition coefficient (Wildman–Crippen LogP) is 3.39. The molecule has 0 aliphatic carbocycles. The fraction of sp³-hybridized carbons (Fsp3) is 0.615. The Hall–Kier alpha value is -0.390. The number of carbonyl (C=O) groups excluding carboxylic acids is 1. The van der Waals surface area contributed by atoms with Gasteiger partial charge in [0.15, 0.2) is 0 Å². The SMILES string of the molecule is COC(=O)C(CN(C)Cc1ccc(Br)s1)C(C)C. The van der Waals surface area contributed by atoms with Gasteiger partial charge in [-0.2, -0.15) is 0 Å². The molecule has 1 aromatic heterocycles. The van der Waals surface area contributed by atoms with Crippen LogP contribution in [0, 0.1) is 11.8 Å². The van der Waals surface area contributed by atoms with E-state index in [-0.39, 0.29) is 17.8 Å². The van der Waals surface area contributed by atoms with Crippen molar-refractivity contribution in [3.05, 3.63) is 20.8 Å². The summed E-state index contributed by atoms with van der Waals surface area (Å²) >= 11 is 5.18. The van der Waals surface area contributed by atoms with E-state index >= 15 is 0 Å². The average molecular weight is 334 g/mol. The predicted molar refractivity (Wildman–Crippen MR) is 78.7 cm³/mol. The highest BCUT2D eigenvalue weighted by atomic mass is 79.9. The van der Waals surface area contributed by atoms with E-state index in [9.17, 15) is 4.79 Å². The number of carbonyl (C=O) groups is 1. The zero-order valence-corrected chi connectivity index (χ0v) is 13.7. The zero-order chi connectivity index (χ0) is 13.7. The van der Waals surface area contributed by atoms with E-state index in [4.69, 9.17) is 4.74 Å². The maximum atomic E-state index is 11.7. The number of hydrogen-bond donors (Lipinski definition) is 0. The number of rotatable bonds is 6. The van der Waals surface area contributed by atoms with Crippen LogP contribution in [-0.4, -0.2) is 31.6 Å². The van der Waals surface area contributed by atoms with Crippen LogP contribution in [0.2, 0.25) is 0 Å². The van der Waals surface area contributed by atoms with Gasteiger partial charge in [0, 0.05) is 18.0 Å². The molecule has 0 amide bonds. The minimum Gasteiger partial charge on any atom is -0.469 e. The van der Waals surface area contributed by atoms with Crippen LogP contribution in [0.25, 0.3) is 0 Å². The first-order valence-corrected chi connectivity index (χ1v) is 7.55. The Morgan fingerprint density at radius 3 is 2.61 bits per heavy atom. The summed E-state index contributed by atoms with van der Waals surface area (Å²) in [4.78, 5) is 15.1. The molecule has 0 aliphatic rings. The van der Waals surface area contributed by atoms with E-state index < -0.39 is 0 Å². The van der Waals surface area contributed by atoms with E-state index in [1.807, 2.05) is 13.1 Å². The summed E-state index contributed by atoms with van der Waals surface area (Å²) in [6.45, 7) is 5.69. The van der Waals surface area contributed by atoms with E-state index in [2.05, 4.69) is 40.7 Å². The summed E-state index contributed by atoms with van der Waals surface area (Å²) in [5.74, 6) is 0.0996. The van der Waals surface area contributed by atoms with Crippen LogP contribution in [-0.2, 0) is 16.1 Å². The van der Waals surface area contributed by atoms with Crippen LogP contribution in [0.5, 0.6) is 0 Å². The molecule has 5 heteroatoms. The van der Waals surface area contributed by atoms with Crippen LogP contribution in [0.3, 0.4) is 0 Å². The lowest BCUT2D eigenvalue weighted by Gasteiger charge is -2.24. The number of methoxy groups -OCH3 is 1. The summed E-state index contributed by atoms with van der Waals surface area (Å²) in [5, 5.41) is 0. The molecular formula is C13H20BrNO2S. The molecule has 0 aromatic carbocycles. The highest BCUT2D eigenvalue weighted by Gasteiger charge is 2.24. The molecule has 102 valence electrons. The molecule has 0 N–H and O–H groups in total. The van der Waals surface area contributed by atoms with E-state index in [0.29, 0.717) is 0 Å². The number of ether oxygens (including phenoxy) is 1. The number of nitrogens with zero attached hydrogens (tertiary/aromatic N) is 1. The molecule has 0 radical (unpaired) electrons. The molecule has 1 heterocycles. The molecule has 1 atom stereocenters. The highest BCUT2D eigenvalue weighted by molar-refractivity contribution is 9.11. The molecule has 3 nitrogen and oxygen atoms in total. The minimum absolute atomic E-state index is 0.0663. The van der Waals surface area contributed by atoms with Crippen molar-refractivity contribution >= 4 is 33.2 Å². The molecule has 0 saturated heterocycles. The third kappa shape index (κ3) is 4.71. The van der Waals surface area contributed by atoms with Gasteiger partial charge in [0.05, 0.1) is 16.8 Å². The highest BCUT2D eigenvalue weighted by Crippen LogP contribution is 2.23. The summed E-state index contributed by atoms with van der Waals surface area (Å²) in [5.41, 5.74) is 0. The molecule has 0 saturated carbocycles. The first-order valence-electron chi connectivity index (χ1n) is 5.94. The van der Waals surface area contributed by atoms with E-state index in [0.717, 1.165) is 16.9 Å². The van der Waals surface area contributed by atoms with Crippen molar-refractivity contribution in [3.63, 3.8) is 0 Å². The van der Waals surface area contributed by atoms with Gasteiger partial charge in [0.2, 0.25) is 0 Å². The van der Waals surface area contributed by atoms with Crippen molar-refractivity contribution in [1.29, 1.82) is 0 Å².